The summed E-state index contributed by atoms with van der Waals surface area (Å²) in [6.07, 6.45) is 6.50. The van der Waals surface area contributed by atoms with Crippen molar-refractivity contribution < 1.29 is 0 Å². The summed E-state index contributed by atoms with van der Waals surface area (Å²) in [7, 11) is 0. The Morgan fingerprint density at radius 3 is 0.975 bits per heavy atom. The quantitative estimate of drug-likeness (QED) is 0.115. The van der Waals surface area contributed by atoms with E-state index in [0.29, 0.717) is 34.7 Å². The predicted molar refractivity (Wildman–Crippen MR) is 363 cm³/mol. The van der Waals surface area contributed by atoms with Crippen molar-refractivity contribution in [3.8, 4) is 0 Å². The van der Waals surface area contributed by atoms with Gasteiger partial charge < -0.3 is 26.6 Å². The van der Waals surface area contributed by atoms with Crippen LogP contribution in [-0.2, 0) is 0 Å². The lowest BCUT2D eigenvalue weighted by Gasteiger charge is -2.41. The van der Waals surface area contributed by atoms with E-state index in [9.17, 15) is 0 Å². The SMILES string of the molecule is CC(C)(C)N1CCCN(C(C)(C)C)CC1.CC(C)(C)NCCCNC(C)(C)C.CC(C)N1CC2CC1CN2C(C)C.CC(C)N1CCN(C(C)C)CC1.CC(C)NC1CCN(C(C)(C)C)CC1.CC(C)Nc1ccc(NC(C)C)cc1. The number of nitrogens with zero attached hydrogens (tertiary/aromatic N) is 7. The van der Waals surface area contributed by atoms with Gasteiger partial charge in [0.05, 0.1) is 0 Å². The van der Waals surface area contributed by atoms with Crippen LogP contribution in [0.15, 0.2) is 24.3 Å². The maximum absolute atomic E-state index is 3.63. The molecule has 12 heteroatoms. The summed E-state index contributed by atoms with van der Waals surface area (Å²) in [6.45, 7) is 82.6. The highest BCUT2D eigenvalue weighted by molar-refractivity contribution is 5.54. The van der Waals surface area contributed by atoms with Crippen LogP contribution < -0.4 is 26.6 Å². The molecule has 81 heavy (non-hydrogen) atoms. The molecule has 480 valence electrons. The number of benzene rings is 1. The number of nitrogens with one attached hydrogen (secondary N) is 5. The molecule has 12 nitrogen and oxygen atoms in total. The van der Waals surface area contributed by atoms with Crippen LogP contribution in [0, 0.1) is 0 Å². The summed E-state index contributed by atoms with van der Waals surface area (Å²) in [6, 6.07) is 15.4. The van der Waals surface area contributed by atoms with Gasteiger partial charge >= 0.3 is 0 Å². The van der Waals surface area contributed by atoms with Gasteiger partial charge in [-0.1, -0.05) is 13.8 Å². The van der Waals surface area contributed by atoms with E-state index in [2.05, 4.69) is 286 Å². The molecule has 5 fully saturated rings. The van der Waals surface area contributed by atoms with Crippen molar-refractivity contribution in [2.45, 2.75) is 321 Å². The van der Waals surface area contributed by atoms with E-state index in [1.54, 1.807) is 0 Å². The molecular formula is C69H144N12. The number of likely N-dealkylation sites (tertiary alicyclic amines) is 3. The predicted octanol–water partition coefficient (Wildman–Crippen LogP) is 13.3. The lowest BCUT2D eigenvalue weighted by Crippen LogP contribution is -2.50. The first-order valence-electron chi connectivity index (χ1n) is 33.2. The molecule has 5 heterocycles. The number of piperidine rings is 1. The van der Waals surface area contributed by atoms with Crippen molar-refractivity contribution in [1.82, 2.24) is 50.2 Å². The third-order valence-corrected chi connectivity index (χ3v) is 16.3. The highest BCUT2D eigenvalue weighted by Gasteiger charge is 2.44. The normalized spacial score (nSPS) is 21.0. The molecule has 1 aromatic rings. The van der Waals surface area contributed by atoms with E-state index >= 15 is 0 Å². The Morgan fingerprint density at radius 2 is 0.728 bits per heavy atom. The first-order valence-corrected chi connectivity index (χ1v) is 33.2. The number of hydrogen-bond donors (Lipinski definition) is 5. The number of anilines is 2. The molecule has 5 aliphatic heterocycles. The van der Waals surface area contributed by atoms with Gasteiger partial charge in [0.15, 0.2) is 0 Å². The zero-order valence-electron chi connectivity index (χ0n) is 59.6. The minimum Gasteiger partial charge on any atom is -0.383 e. The van der Waals surface area contributed by atoms with Crippen LogP contribution >= 0.6 is 0 Å². The minimum atomic E-state index is 0.252. The lowest BCUT2D eigenvalue weighted by atomic mass is 9.98. The second-order valence-electron chi connectivity index (χ2n) is 31.7. The van der Waals surface area contributed by atoms with Gasteiger partial charge in [-0.25, -0.2) is 0 Å². The minimum absolute atomic E-state index is 0.252. The highest BCUT2D eigenvalue weighted by Crippen LogP contribution is 2.33. The van der Waals surface area contributed by atoms with Gasteiger partial charge in [-0.05, 0) is 269 Å². The Labute approximate surface area is 506 Å². The zero-order valence-corrected chi connectivity index (χ0v) is 59.6. The third kappa shape index (κ3) is 34.4. The molecular weight excluding hydrogens is 997 g/mol. The average Bonchev–Trinajstić information content (AvgIpc) is 3.84. The Bertz CT molecular complexity index is 1610. The van der Waals surface area contributed by atoms with E-state index < -0.39 is 0 Å². The van der Waals surface area contributed by atoms with Crippen LogP contribution in [0.3, 0.4) is 0 Å². The average molecular weight is 1140 g/mol. The van der Waals surface area contributed by atoms with Gasteiger partial charge in [-0.3, -0.25) is 34.3 Å². The summed E-state index contributed by atoms with van der Waals surface area (Å²) in [5, 5.41) is 17.3. The van der Waals surface area contributed by atoms with Crippen LogP contribution in [0.1, 0.15) is 233 Å². The maximum Gasteiger partial charge on any atom is 0.0343 e. The molecule has 0 aromatic heterocycles. The Balaban J connectivity index is 0.000000487. The fraction of sp³-hybridized carbons (Fsp3) is 0.913. The van der Waals surface area contributed by atoms with E-state index in [0.717, 1.165) is 55.4 Å². The molecule has 1 aromatic carbocycles. The van der Waals surface area contributed by atoms with Gasteiger partial charge in [0, 0.05) is 165 Å². The van der Waals surface area contributed by atoms with Gasteiger partial charge in [-0.2, -0.15) is 0 Å². The fourth-order valence-corrected chi connectivity index (χ4v) is 11.6. The number of fused-ring (bicyclic) bond motifs is 2. The molecule has 0 amide bonds. The summed E-state index contributed by atoms with van der Waals surface area (Å²) < 4.78 is 0. The van der Waals surface area contributed by atoms with E-state index in [1.165, 1.54) is 122 Å². The Morgan fingerprint density at radius 1 is 0.407 bits per heavy atom. The number of rotatable bonds is 14. The van der Waals surface area contributed by atoms with Crippen molar-refractivity contribution in [3.63, 3.8) is 0 Å². The maximum atomic E-state index is 3.63. The van der Waals surface area contributed by atoms with Gasteiger partial charge in [0.2, 0.25) is 0 Å². The molecule has 0 spiro atoms. The van der Waals surface area contributed by atoms with E-state index in [4.69, 9.17) is 0 Å². The van der Waals surface area contributed by atoms with Crippen LogP contribution in [0.2, 0.25) is 0 Å². The first-order chi connectivity index (χ1) is 37.1. The largest absolute Gasteiger partial charge is 0.383 e. The van der Waals surface area contributed by atoms with Crippen molar-refractivity contribution in [3.05, 3.63) is 24.3 Å². The summed E-state index contributed by atoms with van der Waals surface area (Å²) in [5.41, 5.74) is 3.86. The zero-order chi connectivity index (χ0) is 62.3. The molecule has 0 radical (unpaired) electrons. The number of hydrogen-bond acceptors (Lipinski definition) is 12. The molecule has 6 rings (SSSR count). The lowest BCUT2D eigenvalue weighted by molar-refractivity contribution is 0.0849. The smallest absolute Gasteiger partial charge is 0.0343 e. The van der Waals surface area contributed by atoms with Crippen LogP contribution in [0.25, 0.3) is 0 Å². The molecule has 2 atom stereocenters. The monoisotopic (exact) mass is 1140 g/mol. The topological polar surface area (TPSA) is 82.8 Å². The number of piperazine rings is 2. The molecule has 2 unspecified atom stereocenters. The summed E-state index contributed by atoms with van der Waals surface area (Å²) in [5.74, 6) is 0. The molecule has 5 saturated heterocycles. The standard InChI is InChI=1S/C13H28N2.C12H26N2.C12H20N2.C11H22N2.C11H26N2.C10H22N2/c1-12(2,3)14-8-7-9-15(11-10-14)13(4,5)6;1-10(2)13-11-6-8-14(9-7-11)12(3,4)5;1-9(2)13-11-5-7-12(8-6-11)14-10(3)4;1-8(2)12-6-11-5-10(12)7-13(11)9(3)4;1-10(2,3)12-8-7-9-13-11(4,5)6;1-9(2)11-5-7-12(8-6-11)10(3)4/h7-11H2,1-6H3;10-11,13H,6-9H2,1-5H3;5-10,13-14H,1-4H3;8-11H,5-7H2,1-4H3;12-13H,7-9H2,1-6H3;9-10H,5-8H2,1-4H3. The van der Waals surface area contributed by atoms with Crippen molar-refractivity contribution in [1.29, 1.82) is 0 Å². The Kier molecular flexibility index (Phi) is 34.9. The molecule has 5 N–H and O–H groups in total. The van der Waals surface area contributed by atoms with Crippen LogP contribution in [0.5, 0.6) is 0 Å². The molecule has 2 bridgehead atoms. The second-order valence-corrected chi connectivity index (χ2v) is 31.7. The highest BCUT2D eigenvalue weighted by atomic mass is 15.4. The second kappa shape index (κ2) is 36.5. The van der Waals surface area contributed by atoms with Gasteiger partial charge in [-0.15, -0.1) is 0 Å². The van der Waals surface area contributed by atoms with E-state index in [-0.39, 0.29) is 11.1 Å². The Hall–Kier alpha value is -1.58. The van der Waals surface area contributed by atoms with Crippen LogP contribution in [-0.4, -0.2) is 214 Å². The summed E-state index contributed by atoms with van der Waals surface area (Å²) in [4.78, 5) is 18.3. The van der Waals surface area contributed by atoms with Crippen LogP contribution in [0.4, 0.5) is 11.4 Å². The molecule has 0 saturated carbocycles. The van der Waals surface area contributed by atoms with Gasteiger partial charge in [0.1, 0.15) is 0 Å². The first kappa shape index (κ1) is 77.4. The molecule has 0 aliphatic carbocycles. The fourth-order valence-electron chi connectivity index (χ4n) is 11.6. The van der Waals surface area contributed by atoms with Crippen molar-refractivity contribution in [2.75, 3.05) is 102 Å². The van der Waals surface area contributed by atoms with E-state index in [1.807, 2.05) is 0 Å². The molecule has 5 aliphatic rings. The van der Waals surface area contributed by atoms with Crippen molar-refractivity contribution >= 4 is 11.4 Å². The summed E-state index contributed by atoms with van der Waals surface area (Å²) >= 11 is 0. The van der Waals surface area contributed by atoms with Gasteiger partial charge in [0.25, 0.3) is 0 Å². The van der Waals surface area contributed by atoms with Crippen molar-refractivity contribution in [2.24, 2.45) is 0 Å². The third-order valence-electron chi connectivity index (χ3n) is 16.3.